The molecule has 0 aliphatic heterocycles. The topological polar surface area (TPSA) is 92.0 Å². The molecule has 8 nitrogen and oxygen atoms in total. The Morgan fingerprint density at radius 1 is 1.21 bits per heavy atom. The summed E-state index contributed by atoms with van der Waals surface area (Å²) in [4.78, 5) is 29.9. The molecule has 1 heterocycles. The molecule has 0 radical (unpaired) electrons. The Bertz CT molecular complexity index is 1280. The summed E-state index contributed by atoms with van der Waals surface area (Å²) < 4.78 is 18.0. The maximum absolute atomic E-state index is 13.4. The second kappa shape index (κ2) is 9.74. The lowest BCUT2D eigenvalue weighted by Crippen LogP contribution is -2.29. The standard InChI is InChI=1S/C24H26BrN3O5/c1-14(22(30)32-6)33-20-15(8-7-9-19(20)31-5)13-26-28-21(29)17-12-16(25)10-11-18(17)27-23(28)24(2,3)4/h7-14H,1-6H3/t14-/m0/s1. The molecule has 0 saturated carbocycles. The van der Waals surface area contributed by atoms with Crippen LogP contribution in [0, 0.1) is 0 Å². The molecule has 0 spiro atoms. The molecular formula is C24H26BrN3O5. The van der Waals surface area contributed by atoms with Crippen molar-refractivity contribution in [2.24, 2.45) is 5.10 Å². The average molecular weight is 516 g/mol. The number of hydrogen-bond donors (Lipinski definition) is 0. The van der Waals surface area contributed by atoms with Gasteiger partial charge in [0.1, 0.15) is 5.82 Å². The molecule has 0 unspecified atom stereocenters. The van der Waals surface area contributed by atoms with Crippen LogP contribution in [0.15, 0.2) is 50.8 Å². The van der Waals surface area contributed by atoms with Gasteiger partial charge in [0.15, 0.2) is 17.6 Å². The molecule has 2 aromatic carbocycles. The minimum atomic E-state index is -0.869. The van der Waals surface area contributed by atoms with Gasteiger partial charge in [0, 0.05) is 15.5 Å². The molecule has 0 aliphatic rings. The van der Waals surface area contributed by atoms with E-state index >= 15 is 0 Å². The van der Waals surface area contributed by atoms with Crippen LogP contribution in [0.4, 0.5) is 0 Å². The van der Waals surface area contributed by atoms with Gasteiger partial charge in [-0.15, -0.1) is 0 Å². The Kier molecular flexibility index (Phi) is 7.22. The van der Waals surface area contributed by atoms with Gasteiger partial charge in [-0.2, -0.15) is 9.78 Å². The molecule has 33 heavy (non-hydrogen) atoms. The first-order valence-corrected chi connectivity index (χ1v) is 11.0. The molecule has 0 bridgehead atoms. The summed E-state index contributed by atoms with van der Waals surface area (Å²) in [5.41, 5.74) is 0.365. The van der Waals surface area contributed by atoms with Crippen molar-refractivity contribution in [2.45, 2.75) is 39.2 Å². The molecule has 1 atom stereocenters. The minimum absolute atomic E-state index is 0.296. The van der Waals surface area contributed by atoms with Crippen LogP contribution in [0.25, 0.3) is 10.9 Å². The zero-order valence-electron chi connectivity index (χ0n) is 19.4. The van der Waals surface area contributed by atoms with E-state index in [4.69, 9.17) is 19.2 Å². The van der Waals surface area contributed by atoms with Crippen molar-refractivity contribution in [3.05, 3.63) is 62.6 Å². The highest BCUT2D eigenvalue weighted by molar-refractivity contribution is 9.10. The van der Waals surface area contributed by atoms with Gasteiger partial charge in [-0.3, -0.25) is 4.79 Å². The first-order chi connectivity index (χ1) is 15.6. The lowest BCUT2D eigenvalue weighted by atomic mass is 9.95. The fourth-order valence-corrected chi connectivity index (χ4v) is 3.53. The van der Waals surface area contributed by atoms with Crippen LogP contribution in [0.3, 0.4) is 0 Å². The van der Waals surface area contributed by atoms with Gasteiger partial charge in [-0.05, 0) is 37.3 Å². The summed E-state index contributed by atoms with van der Waals surface area (Å²) >= 11 is 3.41. The van der Waals surface area contributed by atoms with Crippen LogP contribution in [0.2, 0.25) is 0 Å². The van der Waals surface area contributed by atoms with Gasteiger partial charge in [0.2, 0.25) is 0 Å². The summed E-state index contributed by atoms with van der Waals surface area (Å²) in [6, 6.07) is 10.6. The maximum Gasteiger partial charge on any atom is 0.346 e. The van der Waals surface area contributed by atoms with E-state index in [1.807, 2.05) is 26.8 Å². The van der Waals surface area contributed by atoms with Crippen LogP contribution in [-0.2, 0) is 14.9 Å². The molecule has 0 aliphatic carbocycles. The van der Waals surface area contributed by atoms with Gasteiger partial charge in [-0.1, -0.05) is 42.8 Å². The van der Waals surface area contributed by atoms with Crippen LogP contribution >= 0.6 is 15.9 Å². The fourth-order valence-electron chi connectivity index (χ4n) is 3.17. The summed E-state index contributed by atoms with van der Waals surface area (Å²) in [6.45, 7) is 7.46. The van der Waals surface area contributed by atoms with Crippen molar-refractivity contribution in [1.82, 2.24) is 9.66 Å². The highest BCUT2D eigenvalue weighted by Gasteiger charge is 2.23. The number of fused-ring (bicyclic) bond motifs is 1. The summed E-state index contributed by atoms with van der Waals surface area (Å²) in [5, 5.41) is 4.92. The van der Waals surface area contributed by atoms with E-state index < -0.39 is 17.5 Å². The molecule has 9 heteroatoms. The highest BCUT2D eigenvalue weighted by Crippen LogP contribution is 2.31. The predicted octanol–water partition coefficient (Wildman–Crippen LogP) is 4.29. The largest absolute Gasteiger partial charge is 0.493 e. The Hall–Kier alpha value is -3.20. The minimum Gasteiger partial charge on any atom is -0.493 e. The number of rotatable bonds is 6. The van der Waals surface area contributed by atoms with E-state index in [0.717, 1.165) is 4.47 Å². The number of nitrogens with zero attached hydrogens (tertiary/aromatic N) is 3. The third kappa shape index (κ3) is 5.24. The van der Waals surface area contributed by atoms with Gasteiger partial charge in [-0.25, -0.2) is 9.78 Å². The predicted molar refractivity (Wildman–Crippen MR) is 130 cm³/mol. The lowest BCUT2D eigenvalue weighted by Gasteiger charge is -2.21. The number of benzene rings is 2. The van der Waals surface area contributed by atoms with E-state index in [1.54, 1.807) is 37.3 Å². The molecule has 0 N–H and O–H groups in total. The summed E-state index contributed by atoms with van der Waals surface area (Å²) in [7, 11) is 2.79. The number of aromatic nitrogens is 2. The fraction of sp³-hybridized carbons (Fsp3) is 0.333. The smallest absolute Gasteiger partial charge is 0.346 e. The number of carbonyl (C=O) groups is 1. The average Bonchev–Trinajstić information content (AvgIpc) is 2.78. The van der Waals surface area contributed by atoms with E-state index in [0.29, 0.717) is 33.8 Å². The van der Waals surface area contributed by atoms with Crippen molar-refractivity contribution in [2.75, 3.05) is 14.2 Å². The Labute approximate surface area is 200 Å². The molecular weight excluding hydrogens is 490 g/mol. The third-order valence-electron chi connectivity index (χ3n) is 4.85. The van der Waals surface area contributed by atoms with Crippen molar-refractivity contribution in [3.8, 4) is 11.5 Å². The van der Waals surface area contributed by atoms with Crippen molar-refractivity contribution < 1.29 is 19.0 Å². The summed E-state index contributed by atoms with van der Waals surface area (Å²) in [6.07, 6.45) is 0.621. The molecule has 0 amide bonds. The Balaban J connectivity index is 2.17. The van der Waals surface area contributed by atoms with Crippen molar-refractivity contribution >= 4 is 39.0 Å². The normalized spacial score (nSPS) is 12.7. The SMILES string of the molecule is COC(=O)[C@H](C)Oc1c(C=Nn2c(C(C)(C)C)nc3ccc(Br)cc3c2=O)cccc1OC. The second-order valence-corrected chi connectivity index (χ2v) is 9.29. The number of para-hydroxylation sites is 1. The molecule has 3 aromatic rings. The van der Waals surface area contributed by atoms with E-state index in [1.165, 1.54) is 25.1 Å². The van der Waals surface area contributed by atoms with Crippen LogP contribution < -0.4 is 15.0 Å². The number of ether oxygens (including phenoxy) is 3. The van der Waals surface area contributed by atoms with Crippen molar-refractivity contribution in [3.63, 3.8) is 0 Å². The molecule has 1 aromatic heterocycles. The number of hydrogen-bond acceptors (Lipinski definition) is 7. The van der Waals surface area contributed by atoms with Gasteiger partial charge >= 0.3 is 5.97 Å². The Morgan fingerprint density at radius 3 is 2.58 bits per heavy atom. The van der Waals surface area contributed by atoms with Gasteiger partial charge in [0.05, 0.1) is 31.3 Å². The zero-order chi connectivity index (χ0) is 24.3. The van der Waals surface area contributed by atoms with E-state index in [2.05, 4.69) is 21.0 Å². The second-order valence-electron chi connectivity index (χ2n) is 8.37. The number of methoxy groups -OCH3 is 2. The molecule has 0 saturated heterocycles. The number of esters is 1. The van der Waals surface area contributed by atoms with E-state index in [-0.39, 0.29) is 5.56 Å². The highest BCUT2D eigenvalue weighted by atomic mass is 79.9. The molecule has 174 valence electrons. The quantitative estimate of drug-likeness (QED) is 0.359. The summed E-state index contributed by atoms with van der Waals surface area (Å²) in [5.74, 6) is 0.702. The van der Waals surface area contributed by atoms with Crippen LogP contribution in [0.5, 0.6) is 11.5 Å². The van der Waals surface area contributed by atoms with E-state index in [9.17, 15) is 9.59 Å². The first kappa shape index (κ1) is 24.4. The third-order valence-corrected chi connectivity index (χ3v) is 5.34. The number of carbonyl (C=O) groups excluding carboxylic acids is 1. The van der Waals surface area contributed by atoms with Crippen LogP contribution in [0.1, 0.15) is 39.1 Å². The molecule has 0 fully saturated rings. The zero-order valence-corrected chi connectivity index (χ0v) is 21.0. The number of halogens is 1. The van der Waals surface area contributed by atoms with Crippen LogP contribution in [-0.4, -0.2) is 42.2 Å². The maximum atomic E-state index is 13.4. The lowest BCUT2D eigenvalue weighted by molar-refractivity contribution is -0.147. The van der Waals surface area contributed by atoms with Gasteiger partial charge < -0.3 is 14.2 Å². The Morgan fingerprint density at radius 2 is 1.94 bits per heavy atom. The monoisotopic (exact) mass is 515 g/mol. The van der Waals surface area contributed by atoms with Gasteiger partial charge in [0.25, 0.3) is 5.56 Å². The molecule has 3 rings (SSSR count). The first-order valence-electron chi connectivity index (χ1n) is 10.3. The van der Waals surface area contributed by atoms with Crippen molar-refractivity contribution in [1.29, 1.82) is 0 Å².